The monoisotopic (exact) mass is 387 g/mol. The molecule has 0 aliphatic heterocycles. The lowest BCUT2D eigenvalue weighted by molar-refractivity contribution is 0.811. The zero-order chi connectivity index (χ0) is 17.1. The Morgan fingerprint density at radius 1 is 1.25 bits per heavy atom. The fourth-order valence-corrected chi connectivity index (χ4v) is 2.37. The van der Waals surface area contributed by atoms with Crippen molar-refractivity contribution in [2.75, 3.05) is 17.3 Å². The van der Waals surface area contributed by atoms with Gasteiger partial charge in [-0.25, -0.2) is 9.97 Å². The zero-order valence-corrected chi connectivity index (χ0v) is 15.2. The van der Waals surface area contributed by atoms with Gasteiger partial charge in [-0.3, -0.25) is 10.00 Å². The summed E-state index contributed by atoms with van der Waals surface area (Å²) in [4.78, 5) is 15.0. The third-order valence-electron chi connectivity index (χ3n) is 3.49. The van der Waals surface area contributed by atoms with E-state index in [1.807, 2.05) is 36.2 Å². The Balaban J connectivity index is 1.86. The van der Waals surface area contributed by atoms with E-state index in [9.17, 15) is 0 Å². The molecule has 3 rings (SSSR count). The molecule has 2 N–H and O–H groups in total. The van der Waals surface area contributed by atoms with E-state index in [1.165, 1.54) is 0 Å². The molecule has 0 unspecified atom stereocenters. The van der Waals surface area contributed by atoms with E-state index < -0.39 is 0 Å². The molecule has 0 aliphatic carbocycles. The van der Waals surface area contributed by atoms with Crippen molar-refractivity contribution in [3.05, 3.63) is 46.8 Å². The van der Waals surface area contributed by atoms with Crippen LogP contribution in [-0.2, 0) is 0 Å². The Morgan fingerprint density at radius 3 is 2.75 bits per heavy atom. The van der Waals surface area contributed by atoms with Crippen molar-refractivity contribution >= 4 is 39.3 Å². The second kappa shape index (κ2) is 6.96. The van der Waals surface area contributed by atoms with Crippen molar-refractivity contribution in [1.82, 2.24) is 25.1 Å². The number of nitrogens with one attached hydrogen (secondary N) is 2. The number of aromatic nitrogens is 5. The number of anilines is 4. The second-order valence-electron chi connectivity index (χ2n) is 5.60. The molecule has 0 bridgehead atoms. The van der Waals surface area contributed by atoms with Gasteiger partial charge in [0.05, 0.1) is 4.47 Å². The van der Waals surface area contributed by atoms with E-state index >= 15 is 0 Å². The number of aromatic amines is 1. The highest BCUT2D eigenvalue weighted by molar-refractivity contribution is 9.10. The Kier molecular flexibility index (Phi) is 4.75. The van der Waals surface area contributed by atoms with E-state index in [0.717, 1.165) is 16.0 Å². The number of rotatable bonds is 5. The van der Waals surface area contributed by atoms with E-state index in [4.69, 9.17) is 0 Å². The van der Waals surface area contributed by atoms with Crippen molar-refractivity contribution in [2.24, 2.45) is 0 Å². The number of halogens is 1. The van der Waals surface area contributed by atoms with Crippen LogP contribution in [0.2, 0.25) is 0 Å². The van der Waals surface area contributed by atoms with Gasteiger partial charge >= 0.3 is 0 Å². The summed E-state index contributed by atoms with van der Waals surface area (Å²) in [5.41, 5.74) is 1.06. The fourth-order valence-electron chi connectivity index (χ4n) is 2.08. The summed E-state index contributed by atoms with van der Waals surface area (Å²) in [5.74, 6) is 3.05. The maximum absolute atomic E-state index is 4.56. The average molecular weight is 388 g/mol. The van der Waals surface area contributed by atoms with Gasteiger partial charge in [0, 0.05) is 31.2 Å². The Bertz CT molecular complexity index is 816. The van der Waals surface area contributed by atoms with Crippen molar-refractivity contribution in [3.63, 3.8) is 0 Å². The molecule has 3 aromatic rings. The number of hydrogen-bond donors (Lipinski definition) is 2. The van der Waals surface area contributed by atoms with E-state index in [2.05, 4.69) is 60.2 Å². The lowest BCUT2D eigenvalue weighted by Gasteiger charge is -2.16. The van der Waals surface area contributed by atoms with Gasteiger partial charge in [0.15, 0.2) is 11.6 Å². The summed E-state index contributed by atoms with van der Waals surface area (Å²) >= 11 is 3.47. The molecular formula is C16H18BrN7. The quantitative estimate of drug-likeness (QED) is 0.688. The smallest absolute Gasteiger partial charge is 0.232 e. The molecule has 0 radical (unpaired) electrons. The first-order chi connectivity index (χ1) is 11.5. The van der Waals surface area contributed by atoms with Gasteiger partial charge < -0.3 is 5.32 Å². The Hall–Kier alpha value is -2.48. The van der Waals surface area contributed by atoms with Crippen LogP contribution >= 0.6 is 15.9 Å². The molecule has 7 nitrogen and oxygen atoms in total. The number of nitrogens with zero attached hydrogens (tertiary/aromatic N) is 5. The lowest BCUT2D eigenvalue weighted by atomic mass is 10.1. The van der Waals surface area contributed by atoms with Crippen LogP contribution in [0.5, 0.6) is 0 Å². The SMILES string of the molecule is CC(C)c1cc(Nc2nc(N(C)c3ccccn3)ncc2Br)n[nH]1. The molecule has 0 saturated heterocycles. The summed E-state index contributed by atoms with van der Waals surface area (Å²) < 4.78 is 0.759. The summed E-state index contributed by atoms with van der Waals surface area (Å²) in [6, 6.07) is 7.67. The molecule has 0 aliphatic rings. The number of pyridine rings is 1. The maximum atomic E-state index is 4.56. The minimum atomic E-state index is 0.382. The van der Waals surface area contributed by atoms with Crippen LogP contribution in [0.15, 0.2) is 41.1 Å². The largest absolute Gasteiger partial charge is 0.322 e. The Morgan fingerprint density at radius 2 is 2.08 bits per heavy atom. The van der Waals surface area contributed by atoms with Crippen LogP contribution in [0.4, 0.5) is 23.4 Å². The summed E-state index contributed by atoms with van der Waals surface area (Å²) in [7, 11) is 1.88. The van der Waals surface area contributed by atoms with Crippen molar-refractivity contribution in [3.8, 4) is 0 Å². The molecule has 3 heterocycles. The molecule has 0 amide bonds. The third kappa shape index (κ3) is 3.53. The van der Waals surface area contributed by atoms with Gasteiger partial charge in [0.2, 0.25) is 5.95 Å². The summed E-state index contributed by atoms with van der Waals surface area (Å²) in [6.45, 7) is 4.22. The highest BCUT2D eigenvalue weighted by Gasteiger charge is 2.13. The second-order valence-corrected chi connectivity index (χ2v) is 6.46. The minimum Gasteiger partial charge on any atom is -0.322 e. The van der Waals surface area contributed by atoms with Crippen molar-refractivity contribution in [2.45, 2.75) is 19.8 Å². The highest BCUT2D eigenvalue weighted by Crippen LogP contribution is 2.27. The number of hydrogen-bond acceptors (Lipinski definition) is 6. The van der Waals surface area contributed by atoms with Crippen LogP contribution in [-0.4, -0.2) is 32.2 Å². The lowest BCUT2D eigenvalue weighted by Crippen LogP contribution is -2.15. The molecular weight excluding hydrogens is 370 g/mol. The first-order valence-corrected chi connectivity index (χ1v) is 8.33. The average Bonchev–Trinajstić information content (AvgIpc) is 3.06. The van der Waals surface area contributed by atoms with Gasteiger partial charge in [-0.15, -0.1) is 0 Å². The Labute approximate surface area is 148 Å². The topological polar surface area (TPSA) is 82.6 Å². The highest BCUT2D eigenvalue weighted by atomic mass is 79.9. The van der Waals surface area contributed by atoms with E-state index in [-0.39, 0.29) is 0 Å². The third-order valence-corrected chi connectivity index (χ3v) is 4.07. The van der Waals surface area contributed by atoms with E-state index in [0.29, 0.717) is 23.5 Å². The maximum Gasteiger partial charge on any atom is 0.232 e. The fraction of sp³-hybridized carbons (Fsp3) is 0.250. The normalized spacial score (nSPS) is 10.9. The van der Waals surface area contributed by atoms with Gasteiger partial charge in [0.25, 0.3) is 0 Å². The number of H-pyrrole nitrogens is 1. The van der Waals surface area contributed by atoms with Crippen LogP contribution < -0.4 is 10.2 Å². The van der Waals surface area contributed by atoms with Gasteiger partial charge in [-0.2, -0.15) is 10.1 Å². The van der Waals surface area contributed by atoms with Crippen molar-refractivity contribution < 1.29 is 0 Å². The molecule has 0 aromatic carbocycles. The molecule has 8 heteroatoms. The predicted molar refractivity (Wildman–Crippen MR) is 98.0 cm³/mol. The molecule has 0 fully saturated rings. The molecule has 124 valence electrons. The first kappa shape index (κ1) is 16.4. The first-order valence-electron chi connectivity index (χ1n) is 7.54. The molecule has 0 spiro atoms. The summed E-state index contributed by atoms with van der Waals surface area (Å²) in [6.07, 6.45) is 3.45. The van der Waals surface area contributed by atoms with Gasteiger partial charge in [-0.1, -0.05) is 19.9 Å². The molecule has 24 heavy (non-hydrogen) atoms. The molecule has 0 atom stereocenters. The zero-order valence-electron chi connectivity index (χ0n) is 13.7. The minimum absolute atomic E-state index is 0.382. The van der Waals surface area contributed by atoms with Crippen LogP contribution in [0.25, 0.3) is 0 Å². The van der Waals surface area contributed by atoms with E-state index in [1.54, 1.807) is 12.4 Å². The van der Waals surface area contributed by atoms with Crippen molar-refractivity contribution in [1.29, 1.82) is 0 Å². The molecule has 3 aromatic heterocycles. The van der Waals surface area contributed by atoms with Gasteiger partial charge in [0.1, 0.15) is 5.82 Å². The van der Waals surface area contributed by atoms with Crippen LogP contribution in [0, 0.1) is 0 Å². The standard InChI is InChI=1S/C16H18BrN7/c1-10(2)12-8-13(23-22-12)20-15-11(17)9-19-16(21-15)24(3)14-6-4-5-7-18-14/h4-10H,1-3H3,(H2,19,20,21,22,23). The van der Waals surface area contributed by atoms with Crippen LogP contribution in [0.1, 0.15) is 25.5 Å². The predicted octanol–water partition coefficient (Wildman–Crippen LogP) is 3.99. The molecule has 0 saturated carbocycles. The van der Waals surface area contributed by atoms with Gasteiger partial charge in [-0.05, 0) is 34.0 Å². The van der Waals surface area contributed by atoms with Crippen LogP contribution in [0.3, 0.4) is 0 Å². The summed E-state index contributed by atoms with van der Waals surface area (Å²) in [5, 5.41) is 10.5.